The van der Waals surface area contributed by atoms with Gasteiger partial charge in [0.2, 0.25) is 0 Å². The first kappa shape index (κ1) is 19.1. The van der Waals surface area contributed by atoms with Gasteiger partial charge in [0.05, 0.1) is 7.11 Å². The number of phenolic OH excluding ortho intramolecular Hbond substituents is 1. The monoisotopic (exact) mass is 387 g/mol. The fraction of sp³-hybridized carbons (Fsp3) is 0.636. The number of hydrogen-bond acceptors (Lipinski definition) is 5. The topological polar surface area (TPSA) is 84.9 Å². The van der Waals surface area contributed by atoms with E-state index < -0.39 is 5.97 Å². The van der Waals surface area contributed by atoms with Gasteiger partial charge in [-0.05, 0) is 80.8 Å². The number of carbonyl (C=O) groups is 2. The minimum Gasteiger partial charge on any atom is -0.507 e. The fourth-order valence-corrected chi connectivity index (χ4v) is 6.16. The van der Waals surface area contributed by atoms with Gasteiger partial charge in [-0.2, -0.15) is 0 Å². The Morgan fingerprint density at radius 3 is 2.32 bits per heavy atom. The molecule has 0 saturated heterocycles. The number of esters is 1. The van der Waals surface area contributed by atoms with E-state index in [0.717, 1.165) is 17.8 Å². The minimum absolute atomic E-state index is 0.0164. The molecule has 4 aliphatic carbocycles. The number of rotatable bonds is 6. The van der Waals surface area contributed by atoms with Crippen LogP contribution in [0.4, 0.5) is 0 Å². The van der Waals surface area contributed by atoms with Crippen molar-refractivity contribution in [2.75, 3.05) is 13.7 Å². The van der Waals surface area contributed by atoms with Crippen LogP contribution in [0.5, 0.6) is 11.5 Å². The molecule has 6 heteroatoms. The van der Waals surface area contributed by atoms with Gasteiger partial charge in [0.25, 0.3) is 5.91 Å². The Labute approximate surface area is 165 Å². The summed E-state index contributed by atoms with van der Waals surface area (Å²) in [5.74, 6) is 1.66. The van der Waals surface area contributed by atoms with Crippen LogP contribution in [0.1, 0.15) is 55.8 Å². The van der Waals surface area contributed by atoms with Crippen molar-refractivity contribution >= 4 is 11.9 Å². The van der Waals surface area contributed by atoms with Crippen LogP contribution in [0.3, 0.4) is 0 Å². The van der Waals surface area contributed by atoms with Crippen molar-refractivity contribution in [3.05, 3.63) is 23.8 Å². The molecule has 0 aliphatic heterocycles. The van der Waals surface area contributed by atoms with Crippen LogP contribution in [0.25, 0.3) is 0 Å². The highest BCUT2D eigenvalue weighted by Gasteiger charge is 2.53. The molecule has 6 nitrogen and oxygen atoms in total. The lowest BCUT2D eigenvalue weighted by atomic mass is 9.48. The van der Waals surface area contributed by atoms with Gasteiger partial charge in [-0.15, -0.1) is 0 Å². The number of phenols is 1. The summed E-state index contributed by atoms with van der Waals surface area (Å²) in [5.41, 5.74) is 0.227. The van der Waals surface area contributed by atoms with Gasteiger partial charge in [0, 0.05) is 12.1 Å². The second-order valence-corrected chi connectivity index (χ2v) is 9.03. The van der Waals surface area contributed by atoms with Crippen LogP contribution < -0.4 is 10.1 Å². The number of aromatic hydroxyl groups is 1. The molecule has 1 unspecified atom stereocenters. The summed E-state index contributed by atoms with van der Waals surface area (Å²) < 4.78 is 10.1. The fourth-order valence-electron chi connectivity index (χ4n) is 6.16. The molecule has 4 bridgehead atoms. The minimum atomic E-state index is -0.724. The zero-order chi connectivity index (χ0) is 19.9. The molecule has 1 atom stereocenters. The molecule has 4 aliphatic rings. The van der Waals surface area contributed by atoms with E-state index in [4.69, 9.17) is 9.47 Å². The summed E-state index contributed by atoms with van der Waals surface area (Å²) in [4.78, 5) is 24.6. The number of hydrogen-bond donors (Lipinski definition) is 2. The third-order valence-electron chi connectivity index (χ3n) is 7.14. The van der Waals surface area contributed by atoms with Crippen LogP contribution in [-0.4, -0.2) is 36.7 Å². The molecule has 2 N–H and O–H groups in total. The predicted molar refractivity (Wildman–Crippen MR) is 103 cm³/mol. The van der Waals surface area contributed by atoms with Gasteiger partial charge < -0.3 is 19.9 Å². The molecule has 0 radical (unpaired) electrons. The molecule has 5 rings (SSSR count). The quantitative estimate of drug-likeness (QED) is 0.732. The van der Waals surface area contributed by atoms with Gasteiger partial charge >= 0.3 is 5.97 Å². The predicted octanol–water partition coefficient (Wildman–Crippen LogP) is 3.28. The Morgan fingerprint density at radius 1 is 1.18 bits per heavy atom. The standard InChI is InChI=1S/C22H29NO5/c1-13(22-9-14-5-15(10-22)7-16(6-14)11-22)23-20(25)12-28-21(26)18-4-3-17(27-2)8-19(18)24/h3-4,8,13-16,24H,5-7,9-12H2,1-2H3,(H,23,25). The van der Waals surface area contributed by atoms with E-state index in [1.165, 1.54) is 57.8 Å². The summed E-state index contributed by atoms with van der Waals surface area (Å²) in [5, 5.41) is 13.0. The van der Waals surface area contributed by atoms with E-state index in [1.54, 1.807) is 6.07 Å². The Morgan fingerprint density at radius 2 is 1.79 bits per heavy atom. The van der Waals surface area contributed by atoms with Crippen molar-refractivity contribution < 1.29 is 24.2 Å². The van der Waals surface area contributed by atoms with Crippen LogP contribution in [-0.2, 0) is 9.53 Å². The number of methoxy groups -OCH3 is 1. The first-order valence-corrected chi connectivity index (χ1v) is 10.2. The summed E-state index contributed by atoms with van der Waals surface area (Å²) in [7, 11) is 1.47. The second-order valence-electron chi connectivity index (χ2n) is 9.03. The van der Waals surface area contributed by atoms with Gasteiger partial charge in [0.1, 0.15) is 17.1 Å². The highest BCUT2D eigenvalue weighted by Crippen LogP contribution is 2.61. The summed E-state index contributed by atoms with van der Waals surface area (Å²) in [6, 6.07) is 4.41. The number of nitrogens with one attached hydrogen (secondary N) is 1. The number of amides is 1. The van der Waals surface area contributed by atoms with E-state index in [0.29, 0.717) is 5.75 Å². The lowest BCUT2D eigenvalue weighted by molar-refractivity contribution is -0.128. The Hall–Kier alpha value is -2.24. The van der Waals surface area contributed by atoms with Crippen molar-refractivity contribution in [3.63, 3.8) is 0 Å². The highest BCUT2D eigenvalue weighted by molar-refractivity contribution is 5.94. The van der Waals surface area contributed by atoms with E-state index in [9.17, 15) is 14.7 Å². The summed E-state index contributed by atoms with van der Waals surface area (Å²) in [6.07, 6.45) is 7.72. The van der Waals surface area contributed by atoms with E-state index in [1.807, 2.05) is 0 Å². The molecule has 0 heterocycles. The average molecular weight is 387 g/mol. The SMILES string of the molecule is COc1ccc(C(=O)OCC(=O)NC(C)C23CC4CC(CC(C4)C2)C3)c(O)c1. The Kier molecular flexibility index (Phi) is 4.98. The molecule has 1 aromatic carbocycles. The van der Waals surface area contributed by atoms with Crippen LogP contribution in [0.2, 0.25) is 0 Å². The van der Waals surface area contributed by atoms with Gasteiger partial charge in [0.15, 0.2) is 6.61 Å². The zero-order valence-electron chi connectivity index (χ0n) is 16.6. The first-order valence-electron chi connectivity index (χ1n) is 10.2. The summed E-state index contributed by atoms with van der Waals surface area (Å²) in [6.45, 7) is 1.75. The zero-order valence-corrected chi connectivity index (χ0v) is 16.6. The Bertz CT molecular complexity index is 739. The van der Waals surface area contributed by atoms with E-state index in [2.05, 4.69) is 12.2 Å². The molecule has 4 fully saturated rings. The maximum absolute atomic E-state index is 12.4. The third kappa shape index (κ3) is 3.56. The Balaban J connectivity index is 1.32. The number of ether oxygens (including phenoxy) is 2. The third-order valence-corrected chi connectivity index (χ3v) is 7.14. The van der Waals surface area contributed by atoms with Gasteiger partial charge in [-0.1, -0.05) is 0 Å². The normalized spacial score (nSPS) is 31.3. The van der Waals surface area contributed by atoms with Crippen molar-refractivity contribution in [3.8, 4) is 11.5 Å². The molecule has 1 aromatic rings. The second kappa shape index (κ2) is 7.30. The molecule has 1 amide bonds. The van der Waals surface area contributed by atoms with E-state index >= 15 is 0 Å². The first-order chi connectivity index (χ1) is 13.4. The molecule has 0 aromatic heterocycles. The lowest BCUT2D eigenvalue weighted by Crippen LogP contribution is -2.56. The number of benzene rings is 1. The van der Waals surface area contributed by atoms with Gasteiger partial charge in [-0.3, -0.25) is 4.79 Å². The van der Waals surface area contributed by atoms with Crippen molar-refractivity contribution in [1.29, 1.82) is 0 Å². The lowest BCUT2D eigenvalue weighted by Gasteiger charge is -2.59. The van der Waals surface area contributed by atoms with E-state index in [-0.39, 0.29) is 35.3 Å². The average Bonchev–Trinajstić information content (AvgIpc) is 2.64. The molecular formula is C22H29NO5. The largest absolute Gasteiger partial charge is 0.507 e. The molecular weight excluding hydrogens is 358 g/mol. The number of carbonyl (C=O) groups excluding carboxylic acids is 2. The maximum Gasteiger partial charge on any atom is 0.342 e. The maximum atomic E-state index is 12.4. The van der Waals surface area contributed by atoms with Crippen LogP contribution >= 0.6 is 0 Å². The molecule has 28 heavy (non-hydrogen) atoms. The van der Waals surface area contributed by atoms with Crippen molar-refractivity contribution in [2.24, 2.45) is 23.2 Å². The molecule has 4 saturated carbocycles. The highest BCUT2D eigenvalue weighted by atomic mass is 16.5. The van der Waals surface area contributed by atoms with Crippen LogP contribution in [0.15, 0.2) is 18.2 Å². The smallest absolute Gasteiger partial charge is 0.342 e. The van der Waals surface area contributed by atoms with Crippen molar-refractivity contribution in [1.82, 2.24) is 5.32 Å². The molecule has 0 spiro atoms. The van der Waals surface area contributed by atoms with Crippen molar-refractivity contribution in [2.45, 2.75) is 51.5 Å². The molecule has 152 valence electrons. The van der Waals surface area contributed by atoms with Gasteiger partial charge in [-0.25, -0.2) is 4.79 Å². The van der Waals surface area contributed by atoms with Crippen LogP contribution in [0, 0.1) is 23.2 Å². The summed E-state index contributed by atoms with van der Waals surface area (Å²) >= 11 is 0.